The fourth-order valence-corrected chi connectivity index (χ4v) is 3.30. The number of amides is 1. The number of halogens is 1. The number of benzene rings is 2. The second-order valence-corrected chi connectivity index (χ2v) is 7.13. The molecule has 0 aromatic heterocycles. The summed E-state index contributed by atoms with van der Waals surface area (Å²) in [7, 11) is 0. The number of thioether (sulfide) groups is 1. The Bertz CT molecular complexity index is 612. The van der Waals surface area contributed by atoms with Gasteiger partial charge in [0, 0.05) is 15.9 Å². The van der Waals surface area contributed by atoms with Gasteiger partial charge in [-0.1, -0.05) is 42.0 Å². The van der Waals surface area contributed by atoms with E-state index in [1.165, 1.54) is 5.56 Å². The summed E-state index contributed by atoms with van der Waals surface area (Å²) in [6, 6.07) is 16.1. The predicted molar refractivity (Wildman–Crippen MR) is 92.5 cm³/mol. The fourth-order valence-electron chi connectivity index (χ4n) is 1.82. The number of carbonyl (C=O) groups is 1. The Morgan fingerprint density at radius 3 is 2.52 bits per heavy atom. The van der Waals surface area contributed by atoms with Crippen LogP contribution in [-0.2, 0) is 11.3 Å². The summed E-state index contributed by atoms with van der Waals surface area (Å²) in [5, 5.41) is 2.85. The first-order chi connectivity index (χ1) is 10.1. The lowest BCUT2D eigenvalue weighted by Gasteiger charge is -2.13. The molecule has 2 rings (SSSR count). The molecule has 0 heterocycles. The monoisotopic (exact) mass is 363 g/mol. The van der Waals surface area contributed by atoms with E-state index in [2.05, 4.69) is 40.3 Å². The van der Waals surface area contributed by atoms with E-state index in [4.69, 9.17) is 0 Å². The van der Waals surface area contributed by atoms with Gasteiger partial charge in [0.1, 0.15) is 0 Å². The predicted octanol–water partition coefficient (Wildman–Crippen LogP) is 4.55. The quantitative estimate of drug-likeness (QED) is 0.789. The summed E-state index contributed by atoms with van der Waals surface area (Å²) in [5.41, 5.74) is 2.34. The molecule has 2 aromatic carbocycles. The van der Waals surface area contributed by atoms with Crippen LogP contribution in [0.3, 0.4) is 0 Å². The van der Waals surface area contributed by atoms with Crippen molar-refractivity contribution in [1.29, 1.82) is 0 Å². The number of hydrogen-bond acceptors (Lipinski definition) is 2. The minimum absolute atomic E-state index is 0.0522. The Morgan fingerprint density at radius 1 is 1.19 bits per heavy atom. The maximum atomic E-state index is 12.2. The molecule has 110 valence electrons. The first kappa shape index (κ1) is 16.1. The summed E-state index contributed by atoms with van der Waals surface area (Å²) in [6.07, 6.45) is 0. The van der Waals surface area contributed by atoms with Crippen LogP contribution in [0.4, 0.5) is 0 Å². The SMILES string of the molecule is Cc1ccc(CNC(=O)C(C)Sc2ccccc2Br)cc1. The van der Waals surface area contributed by atoms with Crippen LogP contribution in [0.5, 0.6) is 0 Å². The van der Waals surface area contributed by atoms with Gasteiger partial charge in [-0.05, 0) is 47.5 Å². The minimum Gasteiger partial charge on any atom is -0.351 e. The van der Waals surface area contributed by atoms with E-state index in [1.54, 1.807) is 11.8 Å². The molecule has 0 saturated heterocycles. The third-order valence-corrected chi connectivity index (χ3v) is 5.23. The summed E-state index contributed by atoms with van der Waals surface area (Å²) >= 11 is 5.06. The Hall–Kier alpha value is -1.26. The zero-order chi connectivity index (χ0) is 15.2. The molecule has 0 aliphatic rings. The summed E-state index contributed by atoms with van der Waals surface area (Å²) in [5.74, 6) is 0.0522. The Balaban J connectivity index is 1.88. The van der Waals surface area contributed by atoms with E-state index >= 15 is 0 Å². The number of carbonyl (C=O) groups excluding carboxylic acids is 1. The van der Waals surface area contributed by atoms with E-state index in [0.717, 1.165) is 14.9 Å². The first-order valence-corrected chi connectivity index (χ1v) is 8.48. The number of hydrogen-bond donors (Lipinski definition) is 1. The minimum atomic E-state index is -0.130. The molecule has 2 nitrogen and oxygen atoms in total. The molecule has 0 fully saturated rings. The number of nitrogens with one attached hydrogen (secondary N) is 1. The molecule has 1 unspecified atom stereocenters. The van der Waals surface area contributed by atoms with Crippen molar-refractivity contribution in [3.63, 3.8) is 0 Å². The number of rotatable bonds is 5. The van der Waals surface area contributed by atoms with Crippen LogP contribution in [-0.4, -0.2) is 11.2 Å². The molecule has 0 aliphatic heterocycles. The Kier molecular flexibility index (Phi) is 5.88. The molecular weight excluding hydrogens is 346 g/mol. The van der Waals surface area contributed by atoms with Crippen LogP contribution < -0.4 is 5.32 Å². The first-order valence-electron chi connectivity index (χ1n) is 6.80. The van der Waals surface area contributed by atoms with Crippen LogP contribution >= 0.6 is 27.7 Å². The molecule has 0 aliphatic carbocycles. The van der Waals surface area contributed by atoms with Crippen LogP contribution in [0.2, 0.25) is 0 Å². The lowest BCUT2D eigenvalue weighted by molar-refractivity contribution is -0.120. The van der Waals surface area contributed by atoms with Gasteiger partial charge >= 0.3 is 0 Å². The van der Waals surface area contributed by atoms with Crippen molar-refractivity contribution < 1.29 is 4.79 Å². The lowest BCUT2D eigenvalue weighted by atomic mass is 10.1. The number of aryl methyl sites for hydroxylation is 1. The maximum absolute atomic E-state index is 12.2. The highest BCUT2D eigenvalue weighted by atomic mass is 79.9. The third kappa shape index (κ3) is 4.90. The maximum Gasteiger partial charge on any atom is 0.233 e. The van der Waals surface area contributed by atoms with Crippen molar-refractivity contribution in [2.75, 3.05) is 0 Å². The smallest absolute Gasteiger partial charge is 0.233 e. The van der Waals surface area contributed by atoms with Crippen LogP contribution in [0, 0.1) is 6.92 Å². The second-order valence-electron chi connectivity index (χ2n) is 4.89. The molecule has 0 spiro atoms. The van der Waals surface area contributed by atoms with Crippen molar-refractivity contribution in [1.82, 2.24) is 5.32 Å². The molecule has 4 heteroatoms. The van der Waals surface area contributed by atoms with Crippen molar-refractivity contribution in [3.05, 3.63) is 64.1 Å². The van der Waals surface area contributed by atoms with Gasteiger partial charge in [0.25, 0.3) is 0 Å². The average molecular weight is 364 g/mol. The van der Waals surface area contributed by atoms with Crippen LogP contribution in [0.15, 0.2) is 57.9 Å². The van der Waals surface area contributed by atoms with Crippen LogP contribution in [0.1, 0.15) is 18.1 Å². The lowest BCUT2D eigenvalue weighted by Crippen LogP contribution is -2.30. The molecule has 0 radical (unpaired) electrons. The van der Waals surface area contributed by atoms with Gasteiger partial charge in [-0.2, -0.15) is 0 Å². The Labute approximate surface area is 138 Å². The van der Waals surface area contributed by atoms with Gasteiger partial charge in [0.05, 0.1) is 5.25 Å². The van der Waals surface area contributed by atoms with Gasteiger partial charge in [-0.25, -0.2) is 0 Å². The summed E-state index contributed by atoms with van der Waals surface area (Å²) in [6.45, 7) is 4.55. The highest BCUT2D eigenvalue weighted by molar-refractivity contribution is 9.10. The zero-order valence-corrected chi connectivity index (χ0v) is 14.5. The van der Waals surface area contributed by atoms with Gasteiger partial charge in [0.2, 0.25) is 5.91 Å². The van der Waals surface area contributed by atoms with E-state index in [-0.39, 0.29) is 11.2 Å². The van der Waals surface area contributed by atoms with Crippen LogP contribution in [0.25, 0.3) is 0 Å². The topological polar surface area (TPSA) is 29.1 Å². The van der Waals surface area contributed by atoms with Gasteiger partial charge in [0.15, 0.2) is 0 Å². The summed E-state index contributed by atoms with van der Waals surface area (Å²) < 4.78 is 1.02. The molecule has 1 N–H and O–H groups in total. The standard InChI is InChI=1S/C17H18BrNOS/c1-12-7-9-14(10-8-12)11-19-17(20)13(2)21-16-6-4-3-5-15(16)18/h3-10,13H,11H2,1-2H3,(H,19,20). The average Bonchev–Trinajstić information content (AvgIpc) is 2.48. The van der Waals surface area contributed by atoms with E-state index in [1.807, 2.05) is 43.3 Å². The van der Waals surface area contributed by atoms with E-state index < -0.39 is 0 Å². The van der Waals surface area contributed by atoms with Gasteiger partial charge in [-0.15, -0.1) is 11.8 Å². The van der Waals surface area contributed by atoms with E-state index in [9.17, 15) is 4.79 Å². The summed E-state index contributed by atoms with van der Waals surface area (Å²) in [4.78, 5) is 13.2. The fraction of sp³-hybridized carbons (Fsp3) is 0.235. The molecular formula is C17H18BrNOS. The van der Waals surface area contributed by atoms with E-state index in [0.29, 0.717) is 6.54 Å². The molecule has 1 atom stereocenters. The highest BCUT2D eigenvalue weighted by Gasteiger charge is 2.15. The molecule has 2 aromatic rings. The highest BCUT2D eigenvalue weighted by Crippen LogP contribution is 2.30. The molecule has 21 heavy (non-hydrogen) atoms. The van der Waals surface area contributed by atoms with Crippen molar-refractivity contribution in [2.24, 2.45) is 0 Å². The van der Waals surface area contributed by atoms with Gasteiger partial charge in [-0.3, -0.25) is 4.79 Å². The van der Waals surface area contributed by atoms with Crippen molar-refractivity contribution >= 4 is 33.6 Å². The molecule has 0 bridgehead atoms. The third-order valence-electron chi connectivity index (χ3n) is 3.10. The second kappa shape index (κ2) is 7.66. The van der Waals surface area contributed by atoms with Gasteiger partial charge < -0.3 is 5.32 Å². The molecule has 0 saturated carbocycles. The Morgan fingerprint density at radius 2 is 1.86 bits per heavy atom. The zero-order valence-electron chi connectivity index (χ0n) is 12.1. The molecule has 1 amide bonds. The largest absolute Gasteiger partial charge is 0.351 e. The van der Waals surface area contributed by atoms with Crippen molar-refractivity contribution in [2.45, 2.75) is 30.5 Å². The van der Waals surface area contributed by atoms with Crippen molar-refractivity contribution in [3.8, 4) is 0 Å². The normalized spacial score (nSPS) is 12.0.